The number of esters is 1. The predicted octanol–water partition coefficient (Wildman–Crippen LogP) is 0.640. The maximum absolute atomic E-state index is 12.4. The molecule has 1 rings (SSSR count). The van der Waals surface area contributed by atoms with Gasteiger partial charge in [0.1, 0.15) is 11.7 Å². The molecule has 0 aliphatic carbocycles. The van der Waals surface area contributed by atoms with E-state index < -0.39 is 12.0 Å². The van der Waals surface area contributed by atoms with Crippen molar-refractivity contribution in [1.29, 1.82) is 0 Å². The molecule has 1 amide bonds. The molecule has 8 heteroatoms. The van der Waals surface area contributed by atoms with Crippen LogP contribution in [0.4, 0.5) is 0 Å². The molecule has 1 unspecified atom stereocenters. The van der Waals surface area contributed by atoms with Crippen molar-refractivity contribution in [2.75, 3.05) is 27.3 Å². The zero-order valence-electron chi connectivity index (χ0n) is 13.1. The first kappa shape index (κ1) is 17.1. The van der Waals surface area contributed by atoms with E-state index in [1.807, 2.05) is 13.8 Å². The average molecular weight is 298 g/mol. The largest absolute Gasteiger partial charge is 0.464 e. The molecule has 1 aromatic heterocycles. The zero-order valence-corrected chi connectivity index (χ0v) is 13.1. The fourth-order valence-corrected chi connectivity index (χ4v) is 2.05. The third kappa shape index (κ3) is 3.57. The first-order valence-corrected chi connectivity index (χ1v) is 6.81. The van der Waals surface area contributed by atoms with Crippen molar-refractivity contribution in [3.05, 3.63) is 11.4 Å². The van der Waals surface area contributed by atoms with Gasteiger partial charge in [0, 0.05) is 20.2 Å². The van der Waals surface area contributed by atoms with Gasteiger partial charge in [0.25, 0.3) is 0 Å². The highest BCUT2D eigenvalue weighted by atomic mass is 16.5. The number of likely N-dealkylation sites (N-methyl/N-ethyl adjacent to an activating group) is 1. The van der Waals surface area contributed by atoms with Crippen LogP contribution in [0, 0.1) is 0 Å². The van der Waals surface area contributed by atoms with E-state index in [0.29, 0.717) is 18.8 Å². The number of amides is 1. The number of ether oxygens (including phenoxy) is 2. The van der Waals surface area contributed by atoms with Gasteiger partial charge in [-0.2, -0.15) is 0 Å². The lowest BCUT2D eigenvalue weighted by atomic mass is 10.2. The molecule has 0 N–H and O–H groups in total. The van der Waals surface area contributed by atoms with Gasteiger partial charge in [-0.25, -0.2) is 9.48 Å². The number of nitrogens with zero attached hydrogens (tertiary/aromatic N) is 4. The molecule has 0 saturated heterocycles. The van der Waals surface area contributed by atoms with Gasteiger partial charge in [-0.3, -0.25) is 4.79 Å². The van der Waals surface area contributed by atoms with Crippen LogP contribution in [0.2, 0.25) is 0 Å². The fraction of sp³-hybridized carbons (Fsp3) is 0.692. The molecular formula is C13H22N4O4. The van der Waals surface area contributed by atoms with E-state index in [2.05, 4.69) is 15.0 Å². The summed E-state index contributed by atoms with van der Waals surface area (Å²) in [5.41, 5.74) is 0.496. The quantitative estimate of drug-likeness (QED) is 0.687. The maximum Gasteiger partial charge on any atom is 0.360 e. The molecule has 0 fully saturated rings. The van der Waals surface area contributed by atoms with Crippen molar-refractivity contribution in [3.8, 4) is 0 Å². The maximum atomic E-state index is 12.4. The van der Waals surface area contributed by atoms with Gasteiger partial charge in [0.2, 0.25) is 5.91 Å². The topological polar surface area (TPSA) is 86.6 Å². The number of carbonyl (C=O) groups is 2. The summed E-state index contributed by atoms with van der Waals surface area (Å²) in [6, 6.07) is -0.569. The highest BCUT2D eigenvalue weighted by molar-refractivity contribution is 5.88. The van der Waals surface area contributed by atoms with E-state index >= 15 is 0 Å². The Kier molecular flexibility index (Phi) is 6.29. The lowest BCUT2D eigenvalue weighted by molar-refractivity contribution is -0.134. The van der Waals surface area contributed by atoms with Gasteiger partial charge in [-0.1, -0.05) is 5.21 Å². The average Bonchev–Trinajstić information content (AvgIpc) is 2.91. The molecule has 21 heavy (non-hydrogen) atoms. The minimum absolute atomic E-state index is 0.0681. The molecule has 0 radical (unpaired) electrons. The summed E-state index contributed by atoms with van der Waals surface area (Å²) in [4.78, 5) is 25.8. The summed E-state index contributed by atoms with van der Waals surface area (Å²) in [6.45, 7) is 6.87. The van der Waals surface area contributed by atoms with Crippen LogP contribution in [0.1, 0.15) is 43.0 Å². The van der Waals surface area contributed by atoms with Crippen molar-refractivity contribution < 1.29 is 19.1 Å². The summed E-state index contributed by atoms with van der Waals surface area (Å²) in [6.07, 6.45) is 0. The van der Waals surface area contributed by atoms with Crippen LogP contribution in [0.5, 0.6) is 0 Å². The number of hydrogen-bond donors (Lipinski definition) is 0. The summed E-state index contributed by atoms with van der Waals surface area (Å²) >= 11 is 0. The van der Waals surface area contributed by atoms with Gasteiger partial charge >= 0.3 is 5.97 Å². The van der Waals surface area contributed by atoms with Gasteiger partial charge in [-0.05, 0) is 20.8 Å². The first-order valence-electron chi connectivity index (χ1n) is 6.81. The van der Waals surface area contributed by atoms with Crippen LogP contribution in [0.15, 0.2) is 0 Å². The van der Waals surface area contributed by atoms with Gasteiger partial charge in [-0.15, -0.1) is 5.10 Å². The van der Waals surface area contributed by atoms with Crippen LogP contribution < -0.4 is 0 Å². The normalized spacial score (nSPS) is 12.0. The monoisotopic (exact) mass is 298 g/mol. The lowest BCUT2D eigenvalue weighted by Gasteiger charge is -2.23. The van der Waals surface area contributed by atoms with Crippen LogP contribution >= 0.6 is 0 Å². The number of aromatic nitrogens is 3. The van der Waals surface area contributed by atoms with E-state index in [1.54, 1.807) is 11.8 Å². The molecule has 1 aromatic rings. The van der Waals surface area contributed by atoms with Crippen LogP contribution in [-0.2, 0) is 20.9 Å². The molecule has 0 saturated carbocycles. The first-order chi connectivity index (χ1) is 10.0. The van der Waals surface area contributed by atoms with E-state index in [0.717, 1.165) is 0 Å². The second kappa shape index (κ2) is 7.72. The number of carbonyl (C=O) groups excluding carboxylic acids is 2. The third-order valence-corrected chi connectivity index (χ3v) is 3.25. The molecule has 118 valence electrons. The van der Waals surface area contributed by atoms with E-state index in [-0.39, 0.29) is 18.2 Å². The molecule has 1 atom stereocenters. The van der Waals surface area contributed by atoms with Gasteiger partial charge in [0.05, 0.1) is 13.7 Å². The number of rotatable bonds is 7. The Morgan fingerprint density at radius 1 is 1.29 bits per heavy atom. The molecule has 0 aromatic carbocycles. The van der Waals surface area contributed by atoms with Crippen molar-refractivity contribution in [1.82, 2.24) is 19.9 Å². The highest BCUT2D eigenvalue weighted by Crippen LogP contribution is 2.16. The van der Waals surface area contributed by atoms with Crippen molar-refractivity contribution in [2.45, 2.75) is 33.4 Å². The van der Waals surface area contributed by atoms with E-state index in [9.17, 15) is 9.59 Å². The Balaban J connectivity index is 3.14. The number of methoxy groups -OCH3 is 2. The van der Waals surface area contributed by atoms with Gasteiger partial charge in [0.15, 0.2) is 5.69 Å². The SMILES string of the molecule is CCN(CC)C(=O)C(C)n1nnc(C(=O)OC)c1COC. The second-order valence-electron chi connectivity index (χ2n) is 4.44. The smallest absolute Gasteiger partial charge is 0.360 e. The zero-order chi connectivity index (χ0) is 16.0. The molecular weight excluding hydrogens is 276 g/mol. The molecule has 8 nitrogen and oxygen atoms in total. The van der Waals surface area contributed by atoms with Crippen LogP contribution in [0.25, 0.3) is 0 Å². The minimum atomic E-state index is -0.601. The molecule has 0 aliphatic heterocycles. The Hall–Kier alpha value is -1.96. The highest BCUT2D eigenvalue weighted by Gasteiger charge is 2.27. The fourth-order valence-electron chi connectivity index (χ4n) is 2.05. The Morgan fingerprint density at radius 2 is 1.90 bits per heavy atom. The molecule has 1 heterocycles. The lowest BCUT2D eigenvalue weighted by Crippen LogP contribution is -2.36. The Labute approximate surface area is 124 Å². The van der Waals surface area contributed by atoms with Crippen LogP contribution in [-0.4, -0.2) is 59.1 Å². The Bertz CT molecular complexity index is 496. The van der Waals surface area contributed by atoms with Crippen molar-refractivity contribution in [3.63, 3.8) is 0 Å². The second-order valence-corrected chi connectivity index (χ2v) is 4.44. The third-order valence-electron chi connectivity index (χ3n) is 3.25. The summed E-state index contributed by atoms with van der Waals surface area (Å²) in [7, 11) is 2.76. The van der Waals surface area contributed by atoms with Crippen LogP contribution in [0.3, 0.4) is 0 Å². The number of hydrogen-bond acceptors (Lipinski definition) is 6. The minimum Gasteiger partial charge on any atom is -0.464 e. The van der Waals surface area contributed by atoms with E-state index in [1.165, 1.54) is 18.9 Å². The molecule has 0 aliphatic rings. The molecule has 0 spiro atoms. The summed E-state index contributed by atoms with van der Waals surface area (Å²) in [5.74, 6) is -0.686. The summed E-state index contributed by atoms with van der Waals surface area (Å²) < 4.78 is 11.1. The summed E-state index contributed by atoms with van der Waals surface area (Å²) in [5, 5.41) is 7.72. The Morgan fingerprint density at radius 3 is 2.38 bits per heavy atom. The van der Waals surface area contributed by atoms with E-state index in [4.69, 9.17) is 4.74 Å². The predicted molar refractivity (Wildman–Crippen MR) is 74.7 cm³/mol. The van der Waals surface area contributed by atoms with Crippen molar-refractivity contribution in [2.24, 2.45) is 0 Å². The van der Waals surface area contributed by atoms with Crippen molar-refractivity contribution >= 4 is 11.9 Å². The standard InChI is InChI=1S/C13H22N4O4/c1-6-16(7-2)12(18)9(3)17-10(8-20-4)11(14-15-17)13(19)21-5/h9H,6-8H2,1-5H3. The van der Waals surface area contributed by atoms with Gasteiger partial charge < -0.3 is 14.4 Å². The molecule has 0 bridgehead atoms.